The van der Waals surface area contributed by atoms with E-state index in [0.717, 1.165) is 12.8 Å². The van der Waals surface area contributed by atoms with Gasteiger partial charge in [0.05, 0.1) is 6.61 Å². The molecule has 0 aliphatic heterocycles. The number of benzene rings is 1. The van der Waals surface area contributed by atoms with Gasteiger partial charge in [-0.3, -0.25) is 0 Å². The second-order valence-corrected chi connectivity index (χ2v) is 5.25. The molecular formula is C14H19BrO5. The van der Waals surface area contributed by atoms with Crippen LogP contribution < -0.4 is 4.74 Å². The number of aliphatic hydroxyl groups is 1. The number of halogens is 1. The van der Waals surface area contributed by atoms with E-state index < -0.39 is 12.1 Å². The number of carboxylic acids is 1. The zero-order valence-electron chi connectivity index (χ0n) is 11.3. The van der Waals surface area contributed by atoms with Gasteiger partial charge in [0.25, 0.3) is 0 Å². The van der Waals surface area contributed by atoms with Gasteiger partial charge in [0.15, 0.2) is 0 Å². The third-order valence-electron chi connectivity index (χ3n) is 2.56. The van der Waals surface area contributed by atoms with Gasteiger partial charge in [-0.25, -0.2) is 4.79 Å². The Bertz CT molecular complexity index is 436. The first-order valence-electron chi connectivity index (χ1n) is 6.46. The van der Waals surface area contributed by atoms with Crippen LogP contribution in [0.4, 0.5) is 0 Å². The summed E-state index contributed by atoms with van der Waals surface area (Å²) in [4.78, 5) is 11.1. The topological polar surface area (TPSA) is 76.0 Å². The number of hydrogen-bond donors (Lipinski definition) is 2. The standard InChI is InChI=1S/C14H19BrO5/c1-2-3-6-19-8-11(16)9-20-13-5-4-10(15)7-12(13)14(17)18/h4-5,7,11,16H,2-3,6,8-9H2,1H3,(H,17,18). The number of carboxylic acid groups (broad SMARTS) is 1. The predicted molar refractivity (Wildman–Crippen MR) is 78.3 cm³/mol. The fourth-order valence-corrected chi connectivity index (χ4v) is 1.86. The highest BCUT2D eigenvalue weighted by Gasteiger charge is 2.13. The van der Waals surface area contributed by atoms with Gasteiger partial charge in [-0.1, -0.05) is 29.3 Å². The average Bonchev–Trinajstić information content (AvgIpc) is 2.42. The first kappa shape index (κ1) is 16.9. The molecular weight excluding hydrogens is 328 g/mol. The molecule has 1 atom stereocenters. The Morgan fingerprint density at radius 2 is 2.15 bits per heavy atom. The van der Waals surface area contributed by atoms with Crippen molar-refractivity contribution >= 4 is 21.9 Å². The van der Waals surface area contributed by atoms with Crippen LogP contribution in [0.3, 0.4) is 0 Å². The van der Waals surface area contributed by atoms with Crippen LogP contribution in [0.1, 0.15) is 30.1 Å². The SMILES string of the molecule is CCCCOCC(O)COc1ccc(Br)cc1C(=O)O. The van der Waals surface area contributed by atoms with Gasteiger partial charge in [-0.05, 0) is 24.6 Å². The lowest BCUT2D eigenvalue weighted by atomic mass is 10.2. The number of rotatable bonds is 9. The molecule has 0 aromatic heterocycles. The molecule has 1 rings (SSSR count). The van der Waals surface area contributed by atoms with E-state index in [0.29, 0.717) is 11.1 Å². The smallest absolute Gasteiger partial charge is 0.339 e. The Labute approximate surface area is 126 Å². The number of hydrogen-bond acceptors (Lipinski definition) is 4. The molecule has 6 heteroatoms. The monoisotopic (exact) mass is 346 g/mol. The largest absolute Gasteiger partial charge is 0.490 e. The molecule has 0 radical (unpaired) electrons. The van der Waals surface area contributed by atoms with Crippen molar-refractivity contribution in [3.05, 3.63) is 28.2 Å². The Balaban J connectivity index is 2.46. The third-order valence-corrected chi connectivity index (χ3v) is 3.05. The molecule has 112 valence electrons. The summed E-state index contributed by atoms with van der Waals surface area (Å²) in [6.45, 7) is 2.84. The van der Waals surface area contributed by atoms with Crippen LogP contribution in [0.2, 0.25) is 0 Å². The van der Waals surface area contributed by atoms with E-state index in [9.17, 15) is 9.90 Å². The van der Waals surface area contributed by atoms with Crippen molar-refractivity contribution in [2.24, 2.45) is 0 Å². The van der Waals surface area contributed by atoms with Crippen molar-refractivity contribution in [1.29, 1.82) is 0 Å². The minimum Gasteiger partial charge on any atom is -0.490 e. The molecule has 2 N–H and O–H groups in total. The van der Waals surface area contributed by atoms with Crippen LogP contribution in [-0.4, -0.2) is 42.1 Å². The van der Waals surface area contributed by atoms with Gasteiger partial charge in [-0.2, -0.15) is 0 Å². The highest BCUT2D eigenvalue weighted by molar-refractivity contribution is 9.10. The Kier molecular flexibility index (Phi) is 7.58. The molecule has 0 aliphatic carbocycles. The Hall–Kier alpha value is -1.11. The molecule has 20 heavy (non-hydrogen) atoms. The molecule has 5 nitrogen and oxygen atoms in total. The van der Waals surface area contributed by atoms with Crippen molar-refractivity contribution in [3.8, 4) is 5.75 Å². The highest BCUT2D eigenvalue weighted by atomic mass is 79.9. The summed E-state index contributed by atoms with van der Waals surface area (Å²) < 4.78 is 11.3. The summed E-state index contributed by atoms with van der Waals surface area (Å²) in [6.07, 6.45) is 1.20. The van der Waals surface area contributed by atoms with Gasteiger partial charge < -0.3 is 19.7 Å². The molecule has 0 spiro atoms. The van der Waals surface area contributed by atoms with Crippen molar-refractivity contribution in [2.75, 3.05) is 19.8 Å². The molecule has 0 bridgehead atoms. The Morgan fingerprint density at radius 1 is 1.40 bits per heavy atom. The molecule has 1 unspecified atom stereocenters. The van der Waals surface area contributed by atoms with Crippen molar-refractivity contribution in [1.82, 2.24) is 0 Å². The average molecular weight is 347 g/mol. The first-order chi connectivity index (χ1) is 9.54. The first-order valence-corrected chi connectivity index (χ1v) is 7.25. The predicted octanol–water partition coefficient (Wildman–Crippen LogP) is 2.70. The second-order valence-electron chi connectivity index (χ2n) is 4.34. The van der Waals surface area contributed by atoms with Gasteiger partial charge in [-0.15, -0.1) is 0 Å². The zero-order chi connectivity index (χ0) is 15.0. The molecule has 0 saturated heterocycles. The van der Waals surface area contributed by atoms with Crippen molar-refractivity contribution < 1.29 is 24.5 Å². The fraction of sp³-hybridized carbons (Fsp3) is 0.500. The van der Waals surface area contributed by atoms with Crippen molar-refractivity contribution in [3.63, 3.8) is 0 Å². The maximum absolute atomic E-state index is 11.1. The van der Waals surface area contributed by atoms with E-state index in [-0.39, 0.29) is 24.5 Å². The zero-order valence-corrected chi connectivity index (χ0v) is 12.9. The van der Waals surface area contributed by atoms with Crippen LogP contribution in [-0.2, 0) is 4.74 Å². The molecule has 0 saturated carbocycles. The fourth-order valence-electron chi connectivity index (χ4n) is 1.50. The maximum atomic E-state index is 11.1. The van der Waals surface area contributed by atoms with E-state index in [1.807, 2.05) is 0 Å². The number of carbonyl (C=O) groups is 1. The van der Waals surface area contributed by atoms with Gasteiger partial charge in [0, 0.05) is 11.1 Å². The minimum absolute atomic E-state index is 0.00592. The molecule has 1 aromatic carbocycles. The number of unbranched alkanes of at least 4 members (excludes halogenated alkanes) is 1. The summed E-state index contributed by atoms with van der Waals surface area (Å²) in [5.74, 6) is -0.844. The lowest BCUT2D eigenvalue weighted by Crippen LogP contribution is -2.24. The molecule has 0 heterocycles. The molecule has 0 aliphatic rings. The number of aromatic carboxylic acids is 1. The molecule has 1 aromatic rings. The van der Waals surface area contributed by atoms with Crippen LogP contribution in [0.15, 0.2) is 22.7 Å². The summed E-state index contributed by atoms with van der Waals surface area (Å²) >= 11 is 3.21. The van der Waals surface area contributed by atoms with E-state index >= 15 is 0 Å². The van der Waals surface area contributed by atoms with E-state index in [4.69, 9.17) is 14.6 Å². The second kappa shape index (κ2) is 8.94. The number of ether oxygens (including phenoxy) is 2. The molecule has 0 amide bonds. The van der Waals surface area contributed by atoms with Crippen molar-refractivity contribution in [2.45, 2.75) is 25.9 Å². The summed E-state index contributed by atoms with van der Waals surface area (Å²) in [5.41, 5.74) is 0.0541. The van der Waals surface area contributed by atoms with E-state index in [1.165, 1.54) is 6.07 Å². The third kappa shape index (κ3) is 5.90. The van der Waals surface area contributed by atoms with Gasteiger partial charge in [0.1, 0.15) is 24.0 Å². The summed E-state index contributed by atoms with van der Waals surface area (Å²) in [5, 5.41) is 18.8. The normalized spacial score (nSPS) is 12.2. The lowest BCUT2D eigenvalue weighted by Gasteiger charge is -2.14. The van der Waals surface area contributed by atoms with Gasteiger partial charge >= 0.3 is 5.97 Å². The van der Waals surface area contributed by atoms with Crippen LogP contribution in [0.25, 0.3) is 0 Å². The van der Waals surface area contributed by atoms with Crippen LogP contribution >= 0.6 is 15.9 Å². The summed E-state index contributed by atoms with van der Waals surface area (Å²) in [6, 6.07) is 4.70. The molecule has 0 fully saturated rings. The van der Waals surface area contributed by atoms with Crippen LogP contribution in [0.5, 0.6) is 5.75 Å². The Morgan fingerprint density at radius 3 is 2.80 bits per heavy atom. The van der Waals surface area contributed by atoms with Gasteiger partial charge in [0.2, 0.25) is 0 Å². The van der Waals surface area contributed by atoms with Crippen LogP contribution in [0, 0.1) is 0 Å². The maximum Gasteiger partial charge on any atom is 0.339 e. The minimum atomic E-state index is -1.07. The van der Waals surface area contributed by atoms with E-state index in [2.05, 4.69) is 22.9 Å². The quantitative estimate of drug-likeness (QED) is 0.672. The summed E-state index contributed by atoms with van der Waals surface area (Å²) in [7, 11) is 0. The lowest BCUT2D eigenvalue weighted by molar-refractivity contribution is 0.0110. The van der Waals surface area contributed by atoms with E-state index in [1.54, 1.807) is 12.1 Å². The number of aliphatic hydroxyl groups excluding tert-OH is 1. The highest BCUT2D eigenvalue weighted by Crippen LogP contribution is 2.23.